The molecule has 1 aliphatic heterocycles. The fourth-order valence-electron chi connectivity index (χ4n) is 4.76. The first-order valence-electron chi connectivity index (χ1n) is 10.4. The summed E-state index contributed by atoms with van der Waals surface area (Å²) in [6.45, 7) is 3.29. The van der Waals surface area contributed by atoms with E-state index in [0.717, 1.165) is 30.5 Å². The van der Waals surface area contributed by atoms with Gasteiger partial charge in [0.25, 0.3) is 5.91 Å². The van der Waals surface area contributed by atoms with E-state index >= 15 is 0 Å². The normalized spacial score (nSPS) is 26.3. The first kappa shape index (κ1) is 20.2. The van der Waals surface area contributed by atoms with E-state index in [0.29, 0.717) is 37.8 Å². The van der Waals surface area contributed by atoms with Crippen LogP contribution in [-0.4, -0.2) is 52.0 Å². The molecule has 4 atom stereocenters. The molecule has 2 aromatic heterocycles. The van der Waals surface area contributed by atoms with Crippen LogP contribution in [0.4, 0.5) is 0 Å². The van der Waals surface area contributed by atoms with E-state index in [1.165, 1.54) is 4.88 Å². The maximum Gasteiger partial charge on any atom is 0.255 e. The minimum atomic E-state index is -0.540. The van der Waals surface area contributed by atoms with Crippen molar-refractivity contribution < 1.29 is 14.7 Å². The molecule has 0 spiro atoms. The van der Waals surface area contributed by atoms with Gasteiger partial charge in [-0.05, 0) is 62.0 Å². The number of likely N-dealkylation sites (tertiary alicyclic amines) is 1. The van der Waals surface area contributed by atoms with Crippen LogP contribution in [0.3, 0.4) is 0 Å². The Morgan fingerprint density at radius 3 is 2.76 bits per heavy atom. The molecule has 4 rings (SSSR count). The molecule has 0 bridgehead atoms. The summed E-state index contributed by atoms with van der Waals surface area (Å²) in [6, 6.07) is 5.74. The van der Waals surface area contributed by atoms with Crippen molar-refractivity contribution in [3.8, 4) is 0 Å². The maximum absolute atomic E-state index is 12.8. The summed E-state index contributed by atoms with van der Waals surface area (Å²) in [5, 5.41) is 15.7. The van der Waals surface area contributed by atoms with E-state index in [4.69, 9.17) is 0 Å². The van der Waals surface area contributed by atoms with Gasteiger partial charge in [0.2, 0.25) is 5.91 Å². The number of amides is 2. The molecule has 1 aliphatic carbocycles. The van der Waals surface area contributed by atoms with Gasteiger partial charge in [-0.2, -0.15) is 0 Å². The van der Waals surface area contributed by atoms with Crippen LogP contribution in [0.25, 0.3) is 0 Å². The van der Waals surface area contributed by atoms with Crippen LogP contribution in [0.2, 0.25) is 0 Å². The van der Waals surface area contributed by atoms with Crippen LogP contribution >= 0.6 is 11.3 Å². The Bertz CT molecular complexity index is 847. The molecular weight excluding hydrogens is 386 g/mol. The van der Waals surface area contributed by atoms with E-state index < -0.39 is 6.10 Å². The quantitative estimate of drug-likeness (QED) is 0.678. The smallest absolute Gasteiger partial charge is 0.255 e. The number of carbonyl (C=O) groups excluding carboxylic acids is 2. The van der Waals surface area contributed by atoms with Gasteiger partial charge in [0.05, 0.1) is 17.7 Å². The predicted molar refractivity (Wildman–Crippen MR) is 113 cm³/mol. The Balaban J connectivity index is 1.28. The monoisotopic (exact) mass is 415 g/mol. The molecule has 6 nitrogen and oxygen atoms in total. The summed E-state index contributed by atoms with van der Waals surface area (Å²) in [7, 11) is 0. The zero-order valence-electron chi connectivity index (χ0n) is 16.8. The molecule has 2 amide bonds. The molecule has 7 heteroatoms. The third-order valence-corrected chi connectivity index (χ3v) is 7.30. The molecule has 3 N–H and O–H groups in total. The van der Waals surface area contributed by atoms with Crippen LogP contribution in [-0.2, 0) is 11.2 Å². The van der Waals surface area contributed by atoms with Gasteiger partial charge in [0.15, 0.2) is 0 Å². The number of aliphatic hydroxyl groups excluding tert-OH is 1. The number of aryl methyl sites for hydroxylation is 2. The average Bonchev–Trinajstić information content (AvgIpc) is 3.42. The Labute approximate surface area is 175 Å². The Morgan fingerprint density at radius 2 is 2.07 bits per heavy atom. The molecule has 1 saturated carbocycles. The van der Waals surface area contributed by atoms with Crippen molar-refractivity contribution in [2.45, 2.75) is 51.2 Å². The minimum absolute atomic E-state index is 0.0120. The standard InChI is InChI=1S/C22H29N3O3S/c1-14-18(7-8-23-14)22(28)25-12-15-10-19(20(26)11-16(15)13-25)24-21(27)6-2-4-17-5-3-9-29-17/h3,5,7-9,15-16,19-20,23,26H,2,4,6,10-13H2,1H3,(H,24,27)/t15-,16+,19-,20-/m0/s1. The number of aromatic nitrogens is 1. The lowest BCUT2D eigenvalue weighted by atomic mass is 9.77. The largest absolute Gasteiger partial charge is 0.391 e. The molecule has 156 valence electrons. The zero-order chi connectivity index (χ0) is 20.4. The minimum Gasteiger partial charge on any atom is -0.391 e. The van der Waals surface area contributed by atoms with Gasteiger partial charge in [0.1, 0.15) is 0 Å². The summed E-state index contributed by atoms with van der Waals surface area (Å²) in [6.07, 6.45) is 4.84. The first-order chi connectivity index (χ1) is 14.0. The van der Waals surface area contributed by atoms with E-state index in [9.17, 15) is 14.7 Å². The van der Waals surface area contributed by atoms with Crippen LogP contribution < -0.4 is 5.32 Å². The summed E-state index contributed by atoms with van der Waals surface area (Å²) in [5.41, 5.74) is 1.61. The highest BCUT2D eigenvalue weighted by molar-refractivity contribution is 7.09. The highest BCUT2D eigenvalue weighted by atomic mass is 32.1. The van der Waals surface area contributed by atoms with Crippen molar-refractivity contribution in [1.29, 1.82) is 0 Å². The van der Waals surface area contributed by atoms with Crippen molar-refractivity contribution >= 4 is 23.2 Å². The van der Waals surface area contributed by atoms with Gasteiger partial charge in [-0.1, -0.05) is 6.07 Å². The summed E-state index contributed by atoms with van der Waals surface area (Å²) in [4.78, 5) is 31.4. The van der Waals surface area contributed by atoms with Gasteiger partial charge >= 0.3 is 0 Å². The topological polar surface area (TPSA) is 85.4 Å². The second-order valence-electron chi connectivity index (χ2n) is 8.39. The van der Waals surface area contributed by atoms with Gasteiger partial charge in [-0.25, -0.2) is 0 Å². The van der Waals surface area contributed by atoms with Crippen LogP contribution in [0.1, 0.15) is 46.6 Å². The van der Waals surface area contributed by atoms with Crippen molar-refractivity contribution in [3.63, 3.8) is 0 Å². The number of hydrogen-bond donors (Lipinski definition) is 3. The fraction of sp³-hybridized carbons (Fsp3) is 0.545. The first-order valence-corrected chi connectivity index (χ1v) is 11.3. The highest BCUT2D eigenvalue weighted by Crippen LogP contribution is 2.37. The predicted octanol–water partition coefficient (Wildman–Crippen LogP) is 2.74. The molecule has 29 heavy (non-hydrogen) atoms. The van der Waals surface area contributed by atoms with Gasteiger partial charge in [-0.3, -0.25) is 9.59 Å². The Kier molecular flexibility index (Phi) is 6.06. The van der Waals surface area contributed by atoms with Gasteiger partial charge < -0.3 is 20.3 Å². The average molecular weight is 416 g/mol. The van der Waals surface area contributed by atoms with Crippen molar-refractivity contribution in [2.75, 3.05) is 13.1 Å². The Hall–Kier alpha value is -2.12. The van der Waals surface area contributed by atoms with Crippen molar-refractivity contribution in [2.24, 2.45) is 11.8 Å². The van der Waals surface area contributed by atoms with E-state index in [1.54, 1.807) is 17.5 Å². The Morgan fingerprint density at radius 1 is 1.28 bits per heavy atom. The lowest BCUT2D eigenvalue weighted by Crippen LogP contribution is -2.49. The van der Waals surface area contributed by atoms with Crippen molar-refractivity contribution in [1.82, 2.24) is 15.2 Å². The highest BCUT2D eigenvalue weighted by Gasteiger charge is 2.43. The molecule has 3 heterocycles. The second kappa shape index (κ2) is 8.71. The van der Waals surface area contributed by atoms with Crippen LogP contribution in [0, 0.1) is 18.8 Å². The molecule has 1 saturated heterocycles. The van der Waals surface area contributed by atoms with E-state index in [1.807, 2.05) is 24.0 Å². The molecule has 2 aromatic rings. The number of hydrogen-bond acceptors (Lipinski definition) is 4. The number of H-pyrrole nitrogens is 1. The fourth-order valence-corrected chi connectivity index (χ4v) is 5.51. The zero-order valence-corrected chi connectivity index (χ0v) is 17.6. The number of fused-ring (bicyclic) bond motifs is 1. The number of aromatic amines is 1. The molecule has 0 aromatic carbocycles. The molecule has 0 radical (unpaired) electrons. The number of carbonyl (C=O) groups is 2. The summed E-state index contributed by atoms with van der Waals surface area (Å²) < 4.78 is 0. The van der Waals surface area contributed by atoms with Crippen LogP contribution in [0.15, 0.2) is 29.8 Å². The number of thiophene rings is 1. The summed E-state index contributed by atoms with van der Waals surface area (Å²) >= 11 is 1.72. The molecule has 0 unspecified atom stereocenters. The maximum atomic E-state index is 12.8. The van der Waals surface area contributed by atoms with Crippen LogP contribution in [0.5, 0.6) is 0 Å². The third kappa shape index (κ3) is 4.56. The third-order valence-electron chi connectivity index (χ3n) is 6.37. The molecule has 2 aliphatic rings. The number of nitrogens with zero attached hydrogens (tertiary/aromatic N) is 1. The van der Waals surface area contributed by atoms with Gasteiger partial charge in [-0.15, -0.1) is 11.3 Å². The number of nitrogens with one attached hydrogen (secondary N) is 2. The van der Waals surface area contributed by atoms with E-state index in [-0.39, 0.29) is 17.9 Å². The molecule has 2 fully saturated rings. The molecular formula is C22H29N3O3S. The number of aliphatic hydroxyl groups is 1. The lowest BCUT2D eigenvalue weighted by Gasteiger charge is -2.35. The summed E-state index contributed by atoms with van der Waals surface area (Å²) in [5.74, 6) is 0.706. The SMILES string of the molecule is Cc1[nH]ccc1C(=O)N1C[C@H]2C[C@H](O)[C@@H](NC(=O)CCCc3cccs3)C[C@H]2C1. The van der Waals surface area contributed by atoms with Crippen molar-refractivity contribution in [3.05, 3.63) is 45.9 Å². The van der Waals surface area contributed by atoms with E-state index in [2.05, 4.69) is 21.7 Å². The lowest BCUT2D eigenvalue weighted by molar-refractivity contribution is -0.123. The second-order valence-corrected chi connectivity index (χ2v) is 9.42. The number of rotatable bonds is 6. The van der Waals surface area contributed by atoms with Gasteiger partial charge in [0, 0.05) is 36.3 Å².